The lowest BCUT2D eigenvalue weighted by Gasteiger charge is -2.26. The molecular formula is C6H9O. The van der Waals surface area contributed by atoms with Gasteiger partial charge in [0.1, 0.15) is 0 Å². The lowest BCUT2D eigenvalue weighted by molar-refractivity contribution is 0.190. The van der Waals surface area contributed by atoms with Gasteiger partial charge in [0.25, 0.3) is 0 Å². The fourth-order valence-electron chi connectivity index (χ4n) is 1.28. The van der Waals surface area contributed by atoms with Gasteiger partial charge < -0.3 is 4.74 Å². The van der Waals surface area contributed by atoms with E-state index in [9.17, 15) is 0 Å². The van der Waals surface area contributed by atoms with Crippen molar-refractivity contribution in [3.63, 3.8) is 0 Å². The van der Waals surface area contributed by atoms with Crippen molar-refractivity contribution in [2.45, 2.75) is 12.8 Å². The Morgan fingerprint density at radius 3 is 2.86 bits per heavy atom. The molecule has 1 saturated heterocycles. The first-order valence-electron chi connectivity index (χ1n) is 2.89. The zero-order chi connectivity index (χ0) is 4.69. The van der Waals surface area contributed by atoms with Gasteiger partial charge >= 0.3 is 0 Å². The minimum absolute atomic E-state index is 0.889. The van der Waals surface area contributed by atoms with Crippen molar-refractivity contribution in [2.24, 2.45) is 5.92 Å². The summed E-state index contributed by atoms with van der Waals surface area (Å²) in [4.78, 5) is 0. The number of fused-ring (bicyclic) bond motifs is 1. The van der Waals surface area contributed by atoms with Gasteiger partial charge in [-0.05, 0) is 18.8 Å². The Balaban J connectivity index is 2.03. The minimum atomic E-state index is 0.889. The standard InChI is InChI=1S/C6H9O/c1-2-6-4-7-3-5(1)6/h5H,1-4H2. The molecule has 1 aliphatic heterocycles. The Morgan fingerprint density at radius 2 is 2.57 bits per heavy atom. The maximum atomic E-state index is 5.19. The smallest absolute Gasteiger partial charge is 0.0532 e. The summed E-state index contributed by atoms with van der Waals surface area (Å²) in [5.41, 5.74) is 0. The van der Waals surface area contributed by atoms with Crippen LogP contribution in [0.15, 0.2) is 0 Å². The molecule has 1 saturated carbocycles. The first-order valence-corrected chi connectivity index (χ1v) is 2.89. The third-order valence-electron chi connectivity index (χ3n) is 2.00. The van der Waals surface area contributed by atoms with Crippen LogP contribution in [0.5, 0.6) is 0 Å². The molecule has 2 rings (SSSR count). The highest BCUT2D eigenvalue weighted by molar-refractivity contribution is 5.09. The molecule has 0 spiro atoms. The lowest BCUT2D eigenvalue weighted by Crippen LogP contribution is -2.20. The second-order valence-electron chi connectivity index (χ2n) is 2.41. The van der Waals surface area contributed by atoms with Gasteiger partial charge in [0, 0.05) is 5.92 Å². The van der Waals surface area contributed by atoms with E-state index in [0.29, 0.717) is 0 Å². The maximum Gasteiger partial charge on any atom is 0.0532 e. The topological polar surface area (TPSA) is 9.23 Å². The summed E-state index contributed by atoms with van der Waals surface area (Å²) in [6, 6.07) is 0. The molecule has 1 heterocycles. The van der Waals surface area contributed by atoms with Crippen molar-refractivity contribution < 1.29 is 4.74 Å². The molecule has 2 aliphatic rings. The predicted molar refractivity (Wildman–Crippen MR) is 26.8 cm³/mol. The van der Waals surface area contributed by atoms with Crippen LogP contribution in [0.25, 0.3) is 0 Å². The Hall–Kier alpha value is -0.0400. The summed E-state index contributed by atoms with van der Waals surface area (Å²) in [6.45, 7) is 2.00. The molecule has 1 unspecified atom stereocenters. The number of ether oxygens (including phenoxy) is 1. The third kappa shape index (κ3) is 0.418. The largest absolute Gasteiger partial charge is 0.381 e. The van der Waals surface area contributed by atoms with Gasteiger partial charge in [-0.3, -0.25) is 0 Å². The lowest BCUT2D eigenvalue weighted by atomic mass is 9.77. The fourth-order valence-corrected chi connectivity index (χ4v) is 1.28. The number of hydrogen-bond acceptors (Lipinski definition) is 1. The van der Waals surface area contributed by atoms with Gasteiger partial charge in [-0.25, -0.2) is 0 Å². The molecule has 1 heteroatoms. The van der Waals surface area contributed by atoms with E-state index in [4.69, 9.17) is 4.74 Å². The van der Waals surface area contributed by atoms with Crippen molar-refractivity contribution in [3.8, 4) is 0 Å². The molecule has 1 aliphatic carbocycles. The molecule has 0 aromatic heterocycles. The molecule has 0 amide bonds. The van der Waals surface area contributed by atoms with Crippen LogP contribution in [0.4, 0.5) is 0 Å². The van der Waals surface area contributed by atoms with E-state index in [2.05, 4.69) is 0 Å². The summed E-state index contributed by atoms with van der Waals surface area (Å²) in [6.07, 6.45) is 2.75. The van der Waals surface area contributed by atoms with Crippen LogP contribution in [-0.2, 0) is 4.74 Å². The van der Waals surface area contributed by atoms with Crippen LogP contribution in [-0.4, -0.2) is 13.2 Å². The van der Waals surface area contributed by atoms with E-state index < -0.39 is 0 Å². The van der Waals surface area contributed by atoms with E-state index in [-0.39, 0.29) is 0 Å². The highest BCUT2D eigenvalue weighted by atomic mass is 16.5. The van der Waals surface area contributed by atoms with Gasteiger partial charge in [-0.2, -0.15) is 0 Å². The summed E-state index contributed by atoms with van der Waals surface area (Å²) in [7, 11) is 0. The average Bonchev–Trinajstić information content (AvgIpc) is 1.85. The molecule has 0 bridgehead atoms. The minimum Gasteiger partial charge on any atom is -0.381 e. The third-order valence-corrected chi connectivity index (χ3v) is 2.00. The van der Waals surface area contributed by atoms with E-state index in [1.165, 1.54) is 12.8 Å². The number of rotatable bonds is 0. The van der Waals surface area contributed by atoms with Gasteiger partial charge in [0.15, 0.2) is 0 Å². The van der Waals surface area contributed by atoms with Crippen LogP contribution < -0.4 is 0 Å². The SMILES string of the molecule is C1CC2COC[C]12. The zero-order valence-corrected chi connectivity index (χ0v) is 4.31. The second kappa shape index (κ2) is 1.22. The van der Waals surface area contributed by atoms with E-state index in [1.807, 2.05) is 0 Å². The highest BCUT2D eigenvalue weighted by Gasteiger charge is 2.36. The van der Waals surface area contributed by atoms with Crippen LogP contribution in [0.2, 0.25) is 0 Å². The van der Waals surface area contributed by atoms with Gasteiger partial charge in [0.2, 0.25) is 0 Å². The number of hydrogen-bond donors (Lipinski definition) is 0. The van der Waals surface area contributed by atoms with Gasteiger partial charge in [0.05, 0.1) is 13.2 Å². The molecule has 0 N–H and O–H groups in total. The zero-order valence-electron chi connectivity index (χ0n) is 4.31. The quantitative estimate of drug-likeness (QED) is 0.438. The highest BCUT2D eigenvalue weighted by Crippen LogP contribution is 2.40. The van der Waals surface area contributed by atoms with E-state index >= 15 is 0 Å². The van der Waals surface area contributed by atoms with Crippen LogP contribution in [0, 0.1) is 11.8 Å². The van der Waals surface area contributed by atoms with Crippen molar-refractivity contribution >= 4 is 0 Å². The fraction of sp³-hybridized carbons (Fsp3) is 0.833. The Bertz CT molecular complexity index is 70.2. The molecule has 2 fully saturated rings. The van der Waals surface area contributed by atoms with Crippen molar-refractivity contribution in [1.29, 1.82) is 0 Å². The predicted octanol–water partition coefficient (Wildman–Crippen LogP) is 1.00. The van der Waals surface area contributed by atoms with Crippen molar-refractivity contribution in [1.82, 2.24) is 0 Å². The monoisotopic (exact) mass is 97.1 g/mol. The summed E-state index contributed by atoms with van der Waals surface area (Å²) in [5, 5.41) is 0. The second-order valence-corrected chi connectivity index (χ2v) is 2.41. The molecule has 1 nitrogen and oxygen atoms in total. The van der Waals surface area contributed by atoms with Gasteiger partial charge in [-0.1, -0.05) is 0 Å². The molecule has 39 valence electrons. The first kappa shape index (κ1) is 3.90. The summed E-state index contributed by atoms with van der Waals surface area (Å²) >= 11 is 0. The first-order chi connectivity index (χ1) is 3.47. The van der Waals surface area contributed by atoms with Crippen molar-refractivity contribution in [2.75, 3.05) is 13.2 Å². The Labute approximate surface area is 43.7 Å². The van der Waals surface area contributed by atoms with E-state index in [1.54, 1.807) is 5.92 Å². The molecule has 1 radical (unpaired) electrons. The maximum absolute atomic E-state index is 5.19. The molecule has 0 aromatic rings. The molecule has 1 atom stereocenters. The Morgan fingerprint density at radius 1 is 1.57 bits per heavy atom. The summed E-state index contributed by atoms with van der Waals surface area (Å²) in [5.74, 6) is 2.56. The molecular weight excluding hydrogens is 88.1 g/mol. The molecule has 7 heavy (non-hydrogen) atoms. The van der Waals surface area contributed by atoms with Gasteiger partial charge in [-0.15, -0.1) is 0 Å². The van der Waals surface area contributed by atoms with Crippen LogP contribution in [0.1, 0.15) is 12.8 Å². The molecule has 0 aromatic carbocycles. The Kier molecular flexibility index (Phi) is 0.680. The average molecular weight is 97.1 g/mol. The summed E-state index contributed by atoms with van der Waals surface area (Å²) < 4.78 is 5.19. The van der Waals surface area contributed by atoms with Crippen LogP contribution >= 0.6 is 0 Å². The van der Waals surface area contributed by atoms with Crippen LogP contribution in [0.3, 0.4) is 0 Å². The normalized spacial score (nSPS) is 40.3. The van der Waals surface area contributed by atoms with Crippen molar-refractivity contribution in [3.05, 3.63) is 5.92 Å². The van der Waals surface area contributed by atoms with E-state index in [0.717, 1.165) is 19.1 Å².